The number of sulfonamides is 1. The topological polar surface area (TPSA) is 135 Å². The second-order valence-electron chi connectivity index (χ2n) is 3.39. The summed E-state index contributed by atoms with van der Waals surface area (Å²) in [4.78, 5) is 10.6. The van der Waals surface area contributed by atoms with Crippen molar-refractivity contribution in [2.24, 2.45) is 0 Å². The van der Waals surface area contributed by atoms with E-state index in [0.717, 1.165) is 0 Å². The molecule has 0 aliphatic carbocycles. The van der Waals surface area contributed by atoms with E-state index in [1.165, 1.54) is 24.3 Å². The predicted molar refractivity (Wildman–Crippen MR) is 68.5 cm³/mol. The molecule has 0 fully saturated rings. The van der Waals surface area contributed by atoms with Crippen molar-refractivity contribution in [3.63, 3.8) is 0 Å². The molecule has 100 valence electrons. The summed E-state index contributed by atoms with van der Waals surface area (Å²) < 4.78 is 26.0. The first kappa shape index (κ1) is 13.2. The van der Waals surface area contributed by atoms with E-state index >= 15 is 0 Å². The monoisotopic (exact) mass is 300 g/mol. The molecule has 0 amide bonds. The van der Waals surface area contributed by atoms with Crippen molar-refractivity contribution in [2.75, 3.05) is 10.5 Å². The van der Waals surface area contributed by atoms with Crippen molar-refractivity contribution in [2.45, 2.75) is 4.90 Å². The molecule has 0 radical (unpaired) electrons. The van der Waals surface area contributed by atoms with Crippen LogP contribution < -0.4 is 10.5 Å². The van der Waals surface area contributed by atoms with Crippen LogP contribution >= 0.6 is 11.3 Å². The van der Waals surface area contributed by atoms with Gasteiger partial charge in [-0.15, -0.1) is 10.2 Å². The van der Waals surface area contributed by atoms with Gasteiger partial charge in [0.1, 0.15) is 0 Å². The smallest absolute Gasteiger partial charge is 0.367 e. The van der Waals surface area contributed by atoms with E-state index in [0.29, 0.717) is 17.0 Å². The normalized spacial score (nSPS) is 11.2. The van der Waals surface area contributed by atoms with Crippen LogP contribution in [0.15, 0.2) is 29.2 Å². The number of carboxylic acids is 1. The summed E-state index contributed by atoms with van der Waals surface area (Å²) in [6.45, 7) is 0. The number of nitrogen functional groups attached to an aromatic ring is 1. The highest BCUT2D eigenvalue weighted by Gasteiger charge is 2.18. The van der Waals surface area contributed by atoms with E-state index in [-0.39, 0.29) is 15.0 Å². The van der Waals surface area contributed by atoms with Gasteiger partial charge in [-0.25, -0.2) is 13.2 Å². The molecule has 0 unspecified atom stereocenters. The number of carbonyl (C=O) groups is 1. The second kappa shape index (κ2) is 4.82. The first-order valence-electron chi connectivity index (χ1n) is 4.83. The Labute approximate surface area is 112 Å². The van der Waals surface area contributed by atoms with Gasteiger partial charge in [-0.05, 0) is 24.3 Å². The van der Waals surface area contributed by atoms with Crippen molar-refractivity contribution in [1.29, 1.82) is 0 Å². The Hall–Kier alpha value is -2.20. The van der Waals surface area contributed by atoms with Crippen LogP contribution in [0.5, 0.6) is 0 Å². The van der Waals surface area contributed by atoms with Crippen LogP contribution in [0.2, 0.25) is 0 Å². The van der Waals surface area contributed by atoms with Gasteiger partial charge >= 0.3 is 5.97 Å². The number of nitrogens with zero attached hydrogens (tertiary/aromatic N) is 2. The van der Waals surface area contributed by atoms with Crippen LogP contribution in [0.3, 0.4) is 0 Å². The fraction of sp³-hybridized carbons (Fsp3) is 0. The number of benzene rings is 1. The quantitative estimate of drug-likeness (QED) is 0.704. The number of rotatable bonds is 4. The summed E-state index contributed by atoms with van der Waals surface area (Å²) in [5.41, 5.74) is 5.89. The number of anilines is 2. The molecule has 8 nitrogen and oxygen atoms in total. The van der Waals surface area contributed by atoms with Crippen LogP contribution in [0.1, 0.15) is 9.80 Å². The number of nitrogens with two attached hydrogens (primary N) is 1. The third kappa shape index (κ3) is 2.98. The number of carboxylic acid groups (broad SMARTS) is 1. The maximum Gasteiger partial charge on any atom is 0.367 e. The summed E-state index contributed by atoms with van der Waals surface area (Å²) in [5.74, 6) is -1.27. The van der Waals surface area contributed by atoms with Gasteiger partial charge < -0.3 is 10.8 Å². The first-order valence-corrected chi connectivity index (χ1v) is 7.13. The maximum atomic E-state index is 11.9. The Bertz CT molecular complexity index is 708. The van der Waals surface area contributed by atoms with Crippen LogP contribution in [0.25, 0.3) is 0 Å². The fourth-order valence-corrected chi connectivity index (χ4v) is 2.98. The lowest BCUT2D eigenvalue weighted by Gasteiger charge is -2.04. The standard InChI is InChI=1S/C9H8N4O4S2/c10-5-1-3-6(4-2-5)19(16,17)13-9-12-11-7(18-9)8(14)15/h1-4H,10H2,(H,12,13)(H,14,15). The highest BCUT2D eigenvalue weighted by Crippen LogP contribution is 2.20. The molecule has 2 rings (SSSR count). The summed E-state index contributed by atoms with van der Waals surface area (Å²) in [5, 5.41) is 15.0. The third-order valence-corrected chi connectivity index (χ3v) is 4.33. The summed E-state index contributed by atoms with van der Waals surface area (Å²) in [6, 6.07) is 5.54. The predicted octanol–water partition coefficient (Wildman–Crippen LogP) is 0.619. The van der Waals surface area contributed by atoms with E-state index in [1.54, 1.807) is 0 Å². The highest BCUT2D eigenvalue weighted by molar-refractivity contribution is 7.93. The Morgan fingerprint density at radius 2 is 1.89 bits per heavy atom. The lowest BCUT2D eigenvalue weighted by atomic mass is 10.3. The molecule has 19 heavy (non-hydrogen) atoms. The van der Waals surface area contributed by atoms with Gasteiger partial charge in [-0.1, -0.05) is 11.3 Å². The molecule has 0 atom stereocenters. The summed E-state index contributed by atoms with van der Waals surface area (Å²) in [6.07, 6.45) is 0. The average Bonchev–Trinajstić information content (AvgIpc) is 2.77. The molecule has 1 aromatic heterocycles. The largest absolute Gasteiger partial charge is 0.476 e. The van der Waals surface area contributed by atoms with E-state index in [4.69, 9.17) is 10.8 Å². The maximum absolute atomic E-state index is 11.9. The van der Waals surface area contributed by atoms with E-state index in [2.05, 4.69) is 14.9 Å². The van der Waals surface area contributed by atoms with Gasteiger partial charge in [0.15, 0.2) is 0 Å². The minimum Gasteiger partial charge on any atom is -0.476 e. The molecule has 0 saturated carbocycles. The van der Waals surface area contributed by atoms with Gasteiger partial charge in [-0.3, -0.25) is 4.72 Å². The molecule has 0 aliphatic rings. The van der Waals surface area contributed by atoms with Crippen molar-refractivity contribution in [3.05, 3.63) is 29.3 Å². The number of nitrogens with one attached hydrogen (secondary N) is 1. The van der Waals surface area contributed by atoms with Gasteiger partial charge in [-0.2, -0.15) is 0 Å². The number of aromatic carboxylic acids is 1. The molecule has 1 heterocycles. The van der Waals surface area contributed by atoms with Crippen molar-refractivity contribution in [3.8, 4) is 0 Å². The zero-order chi connectivity index (χ0) is 14.0. The zero-order valence-corrected chi connectivity index (χ0v) is 10.9. The lowest BCUT2D eigenvalue weighted by Crippen LogP contribution is -2.12. The Kier molecular flexibility index (Phi) is 3.36. The Morgan fingerprint density at radius 1 is 1.26 bits per heavy atom. The van der Waals surface area contributed by atoms with E-state index < -0.39 is 16.0 Å². The van der Waals surface area contributed by atoms with Gasteiger partial charge in [0.05, 0.1) is 4.90 Å². The van der Waals surface area contributed by atoms with E-state index in [1.807, 2.05) is 0 Å². The van der Waals surface area contributed by atoms with E-state index in [9.17, 15) is 13.2 Å². The minimum atomic E-state index is -3.83. The van der Waals surface area contributed by atoms with Crippen LogP contribution in [0.4, 0.5) is 10.8 Å². The number of aromatic nitrogens is 2. The summed E-state index contributed by atoms with van der Waals surface area (Å²) >= 11 is 0.629. The molecule has 2 aromatic rings. The number of hydrogen-bond donors (Lipinski definition) is 3. The lowest BCUT2D eigenvalue weighted by molar-refractivity contribution is 0.0695. The van der Waals surface area contributed by atoms with Crippen LogP contribution in [0, 0.1) is 0 Å². The number of hydrogen-bond acceptors (Lipinski definition) is 7. The van der Waals surface area contributed by atoms with Crippen LogP contribution in [-0.2, 0) is 10.0 Å². The minimum absolute atomic E-state index is 0.00576. The van der Waals surface area contributed by atoms with Gasteiger partial charge in [0.2, 0.25) is 10.1 Å². The second-order valence-corrected chi connectivity index (χ2v) is 6.05. The molecule has 4 N–H and O–H groups in total. The molecule has 0 bridgehead atoms. The van der Waals surface area contributed by atoms with Gasteiger partial charge in [0, 0.05) is 5.69 Å². The Balaban J connectivity index is 2.25. The highest BCUT2D eigenvalue weighted by atomic mass is 32.2. The first-order chi connectivity index (χ1) is 8.88. The van der Waals surface area contributed by atoms with Gasteiger partial charge in [0.25, 0.3) is 10.0 Å². The van der Waals surface area contributed by atoms with Crippen molar-refractivity contribution < 1.29 is 18.3 Å². The third-order valence-electron chi connectivity index (χ3n) is 2.02. The van der Waals surface area contributed by atoms with Crippen molar-refractivity contribution >= 4 is 38.1 Å². The Morgan fingerprint density at radius 3 is 2.42 bits per heavy atom. The fourth-order valence-electron chi connectivity index (χ4n) is 1.17. The molecule has 0 aliphatic heterocycles. The molecule has 0 spiro atoms. The SMILES string of the molecule is Nc1ccc(S(=O)(=O)Nc2nnc(C(=O)O)s2)cc1. The van der Waals surface area contributed by atoms with Crippen LogP contribution in [-0.4, -0.2) is 29.7 Å². The molecular weight excluding hydrogens is 292 g/mol. The average molecular weight is 300 g/mol. The molecule has 10 heteroatoms. The molecule has 0 saturated heterocycles. The molecule has 1 aromatic carbocycles. The summed E-state index contributed by atoms with van der Waals surface area (Å²) in [7, 11) is -3.83. The molecular formula is C9H8N4O4S2. The van der Waals surface area contributed by atoms with Crippen molar-refractivity contribution in [1.82, 2.24) is 10.2 Å². The zero-order valence-electron chi connectivity index (χ0n) is 9.27.